The van der Waals surface area contributed by atoms with Gasteiger partial charge in [0.2, 0.25) is 5.30 Å². The van der Waals surface area contributed by atoms with Gasteiger partial charge in [-0.2, -0.15) is 0 Å². The Morgan fingerprint density at radius 2 is 1.79 bits per heavy atom. The van der Waals surface area contributed by atoms with E-state index < -0.39 is 7.80 Å². The van der Waals surface area contributed by atoms with Crippen LogP contribution in [0.25, 0.3) is 0 Å². The molecule has 0 spiro atoms. The Hall–Kier alpha value is -0.880. The average Bonchev–Trinajstić information content (AvgIpc) is 2.15. The molecule has 0 aliphatic rings. The molecule has 0 N–H and O–H groups in total. The fourth-order valence-corrected chi connectivity index (χ4v) is 2.47. The van der Waals surface area contributed by atoms with Crippen molar-refractivity contribution in [3.05, 3.63) is 24.3 Å². The van der Waals surface area contributed by atoms with Crippen LogP contribution in [0.2, 0.25) is 0 Å². The van der Waals surface area contributed by atoms with Crippen molar-refractivity contribution in [1.82, 2.24) is 0 Å². The molecule has 1 aromatic carbocycles. The Morgan fingerprint density at radius 3 is 2.29 bits per heavy atom. The number of hydrogen-bond donors (Lipinski definition) is 0. The summed E-state index contributed by atoms with van der Waals surface area (Å²) in [6, 6.07) is 7.47. The summed E-state index contributed by atoms with van der Waals surface area (Å²) in [5.74, 6) is 0.712. The van der Waals surface area contributed by atoms with E-state index in [1.807, 2.05) is 45.0 Å². The van der Waals surface area contributed by atoms with E-state index in [9.17, 15) is 4.57 Å². The Labute approximate surface area is 86.1 Å². The monoisotopic (exact) mass is 211 g/mol. The second-order valence-electron chi connectivity index (χ2n) is 4.14. The summed E-state index contributed by atoms with van der Waals surface area (Å²) >= 11 is 0. The quantitative estimate of drug-likeness (QED) is 0.703. The average molecular weight is 211 g/mol. The fraction of sp³-hybridized carbons (Fsp3) is 0.455. The van der Waals surface area contributed by atoms with Gasteiger partial charge in [-0.3, -0.25) is 0 Å². The van der Waals surface area contributed by atoms with Crippen LogP contribution in [0, 0.1) is 0 Å². The molecule has 1 atom stereocenters. The van der Waals surface area contributed by atoms with E-state index in [2.05, 4.69) is 0 Å². The Kier molecular flexibility index (Phi) is 3.28. The summed E-state index contributed by atoms with van der Waals surface area (Å²) in [5.41, 5.74) is 0. The molecule has 76 valence electrons. The topological polar surface area (TPSA) is 26.3 Å². The highest BCUT2D eigenvalue weighted by atomic mass is 31.1. The van der Waals surface area contributed by atoms with Crippen LogP contribution < -0.4 is 10.0 Å². The van der Waals surface area contributed by atoms with Gasteiger partial charge in [0.15, 0.2) is 10.9 Å². The van der Waals surface area contributed by atoms with Crippen molar-refractivity contribution in [2.75, 3.05) is 7.11 Å². The molecular formula is C11H16O2P+. The Morgan fingerprint density at radius 1 is 1.21 bits per heavy atom. The third-order valence-corrected chi connectivity index (χ3v) is 3.94. The lowest BCUT2D eigenvalue weighted by Crippen LogP contribution is -2.15. The van der Waals surface area contributed by atoms with Crippen LogP contribution >= 0.6 is 7.80 Å². The van der Waals surface area contributed by atoms with Crippen LogP contribution in [-0.2, 0) is 4.57 Å². The van der Waals surface area contributed by atoms with Gasteiger partial charge in [0.05, 0.1) is 7.11 Å². The van der Waals surface area contributed by atoms with Gasteiger partial charge in [-0.05, 0) is 32.9 Å². The number of ether oxygens (including phenoxy) is 1. The molecule has 2 nitrogen and oxygen atoms in total. The summed E-state index contributed by atoms with van der Waals surface area (Å²) in [5, 5.41) is 0.585. The van der Waals surface area contributed by atoms with Crippen LogP contribution in [0.15, 0.2) is 24.3 Å². The number of benzene rings is 1. The summed E-state index contributed by atoms with van der Waals surface area (Å²) in [4.78, 5) is 0. The van der Waals surface area contributed by atoms with Crippen molar-refractivity contribution in [3.63, 3.8) is 0 Å². The predicted octanol–water partition coefficient (Wildman–Crippen LogP) is 2.95. The third-order valence-electron chi connectivity index (χ3n) is 1.91. The van der Waals surface area contributed by atoms with Gasteiger partial charge in [0.1, 0.15) is 0 Å². The van der Waals surface area contributed by atoms with Gasteiger partial charge < -0.3 is 4.74 Å². The number of hydrogen-bond acceptors (Lipinski definition) is 2. The van der Waals surface area contributed by atoms with Crippen molar-refractivity contribution in [2.45, 2.75) is 25.9 Å². The normalized spacial score (nSPS) is 12.4. The molecule has 0 fully saturated rings. The molecule has 0 bridgehead atoms. The van der Waals surface area contributed by atoms with E-state index in [0.29, 0.717) is 5.75 Å². The molecule has 0 saturated heterocycles. The van der Waals surface area contributed by atoms with Gasteiger partial charge in [0.25, 0.3) is 0 Å². The maximum Gasteiger partial charge on any atom is 0.386 e. The molecule has 1 unspecified atom stereocenters. The summed E-state index contributed by atoms with van der Waals surface area (Å²) in [6.45, 7) is 5.91. The molecule has 3 heteroatoms. The van der Waals surface area contributed by atoms with Crippen molar-refractivity contribution in [2.24, 2.45) is 0 Å². The van der Waals surface area contributed by atoms with E-state index in [-0.39, 0.29) is 5.16 Å². The molecule has 0 saturated carbocycles. The summed E-state index contributed by atoms with van der Waals surface area (Å²) in [6.07, 6.45) is 0. The standard InChI is InChI=1S/C11H16O2P/c1-11(2,3)14(12)10-8-6-5-7-9(10)13-4/h5-8H,1-4H3/q+1. The molecule has 0 radical (unpaired) electrons. The highest BCUT2D eigenvalue weighted by Crippen LogP contribution is 2.39. The maximum absolute atomic E-state index is 12.1. The van der Waals surface area contributed by atoms with Crippen molar-refractivity contribution in [3.8, 4) is 5.75 Å². The minimum atomic E-state index is -1.42. The summed E-state index contributed by atoms with van der Waals surface area (Å²) < 4.78 is 17.3. The number of methoxy groups -OCH3 is 1. The minimum absolute atomic E-state index is 0.218. The van der Waals surface area contributed by atoms with Crippen LogP contribution in [-0.4, -0.2) is 12.3 Å². The van der Waals surface area contributed by atoms with Crippen LogP contribution in [0.4, 0.5) is 0 Å². The molecule has 0 amide bonds. The second kappa shape index (κ2) is 4.10. The van der Waals surface area contributed by atoms with Gasteiger partial charge in [-0.15, -0.1) is 0 Å². The molecule has 0 aliphatic heterocycles. The fourth-order valence-electron chi connectivity index (χ4n) is 1.16. The first kappa shape index (κ1) is 11.2. The Bertz CT molecular complexity index is 339. The van der Waals surface area contributed by atoms with Gasteiger partial charge >= 0.3 is 7.80 Å². The zero-order valence-electron chi connectivity index (χ0n) is 9.07. The molecule has 0 aromatic heterocycles. The van der Waals surface area contributed by atoms with E-state index >= 15 is 0 Å². The lowest BCUT2D eigenvalue weighted by atomic mass is 10.3. The van der Waals surface area contributed by atoms with Crippen molar-refractivity contribution in [1.29, 1.82) is 0 Å². The molecule has 14 heavy (non-hydrogen) atoms. The Balaban J connectivity index is 3.13. The van der Waals surface area contributed by atoms with Gasteiger partial charge in [0, 0.05) is 0 Å². The van der Waals surface area contributed by atoms with Crippen LogP contribution in [0.5, 0.6) is 5.75 Å². The number of para-hydroxylation sites is 1. The lowest BCUT2D eigenvalue weighted by molar-refractivity contribution is 0.417. The second-order valence-corrected chi connectivity index (χ2v) is 6.55. The molecule has 0 heterocycles. The van der Waals surface area contributed by atoms with E-state index in [4.69, 9.17) is 4.74 Å². The number of rotatable bonds is 2. The highest BCUT2D eigenvalue weighted by Gasteiger charge is 2.38. The van der Waals surface area contributed by atoms with Gasteiger partial charge in [-0.1, -0.05) is 16.7 Å². The zero-order valence-corrected chi connectivity index (χ0v) is 9.97. The van der Waals surface area contributed by atoms with Gasteiger partial charge in [-0.25, -0.2) is 0 Å². The first-order chi connectivity index (χ1) is 6.46. The summed E-state index contributed by atoms with van der Waals surface area (Å²) in [7, 11) is 0.184. The van der Waals surface area contributed by atoms with E-state index in [1.54, 1.807) is 7.11 Å². The van der Waals surface area contributed by atoms with Crippen molar-refractivity contribution < 1.29 is 9.30 Å². The smallest absolute Gasteiger partial charge is 0.386 e. The molecular weight excluding hydrogens is 195 g/mol. The lowest BCUT2D eigenvalue weighted by Gasteiger charge is -2.07. The van der Waals surface area contributed by atoms with Crippen molar-refractivity contribution >= 4 is 13.1 Å². The molecule has 1 aromatic rings. The zero-order chi connectivity index (χ0) is 10.8. The molecule has 0 aliphatic carbocycles. The predicted molar refractivity (Wildman–Crippen MR) is 60.0 cm³/mol. The van der Waals surface area contributed by atoms with E-state index in [0.717, 1.165) is 5.30 Å². The highest BCUT2D eigenvalue weighted by molar-refractivity contribution is 7.55. The first-order valence-corrected chi connectivity index (χ1v) is 5.83. The van der Waals surface area contributed by atoms with Crippen LogP contribution in [0.3, 0.4) is 0 Å². The third kappa shape index (κ3) is 2.33. The maximum atomic E-state index is 12.1. The van der Waals surface area contributed by atoms with E-state index in [1.165, 1.54) is 0 Å². The largest absolute Gasteiger partial charge is 0.492 e. The minimum Gasteiger partial charge on any atom is -0.492 e. The van der Waals surface area contributed by atoms with Crippen LogP contribution in [0.1, 0.15) is 20.8 Å². The molecule has 1 rings (SSSR count). The SMILES string of the molecule is COc1ccccc1[P+](=O)C(C)(C)C. The first-order valence-electron chi connectivity index (χ1n) is 4.57.